The van der Waals surface area contributed by atoms with Crippen LogP contribution in [0.3, 0.4) is 0 Å². The summed E-state index contributed by atoms with van der Waals surface area (Å²) < 4.78 is 7.33. The van der Waals surface area contributed by atoms with Crippen LogP contribution in [0, 0.1) is 0 Å². The van der Waals surface area contributed by atoms with Crippen LogP contribution in [0.2, 0.25) is 0 Å². The Labute approximate surface area is 165 Å². The molecule has 2 aromatic rings. The average molecular weight is 384 g/mol. The second-order valence-corrected chi connectivity index (χ2v) is 7.79. The molecule has 2 amide bonds. The SMILES string of the molecule is CC(=O)N1c2ccc(-c3cnn(C(C)C)c3)cc2N(C(=O)OC(C)C)C[C@@H]1C. The first-order valence-electron chi connectivity index (χ1n) is 9.65. The number of hydrogen-bond acceptors (Lipinski definition) is 4. The van der Waals surface area contributed by atoms with Crippen molar-refractivity contribution < 1.29 is 14.3 Å². The minimum Gasteiger partial charge on any atom is -0.446 e. The molecular weight excluding hydrogens is 356 g/mol. The van der Waals surface area contributed by atoms with Crippen LogP contribution in [-0.2, 0) is 9.53 Å². The van der Waals surface area contributed by atoms with Crippen molar-refractivity contribution in [3.05, 3.63) is 30.6 Å². The normalized spacial score (nSPS) is 16.5. The Morgan fingerprint density at radius 2 is 1.86 bits per heavy atom. The number of rotatable bonds is 3. The summed E-state index contributed by atoms with van der Waals surface area (Å²) >= 11 is 0. The zero-order valence-corrected chi connectivity index (χ0v) is 17.3. The lowest BCUT2D eigenvalue weighted by atomic mass is 10.0. The van der Waals surface area contributed by atoms with Crippen LogP contribution in [0.4, 0.5) is 16.2 Å². The fourth-order valence-corrected chi connectivity index (χ4v) is 3.49. The number of benzene rings is 1. The van der Waals surface area contributed by atoms with E-state index in [-0.39, 0.29) is 24.1 Å². The number of aromatic nitrogens is 2. The molecule has 28 heavy (non-hydrogen) atoms. The maximum Gasteiger partial charge on any atom is 0.414 e. The van der Waals surface area contributed by atoms with Gasteiger partial charge in [0.2, 0.25) is 5.91 Å². The smallest absolute Gasteiger partial charge is 0.414 e. The number of anilines is 2. The van der Waals surface area contributed by atoms with Gasteiger partial charge in [-0.3, -0.25) is 14.4 Å². The number of amides is 2. The van der Waals surface area contributed by atoms with E-state index >= 15 is 0 Å². The van der Waals surface area contributed by atoms with Crippen LogP contribution in [0.5, 0.6) is 0 Å². The lowest BCUT2D eigenvalue weighted by molar-refractivity contribution is -0.117. The average Bonchev–Trinajstić information content (AvgIpc) is 3.10. The fourth-order valence-electron chi connectivity index (χ4n) is 3.49. The third-order valence-electron chi connectivity index (χ3n) is 4.77. The van der Waals surface area contributed by atoms with Gasteiger partial charge in [-0.1, -0.05) is 6.07 Å². The second-order valence-electron chi connectivity index (χ2n) is 7.79. The van der Waals surface area contributed by atoms with Crippen molar-refractivity contribution >= 4 is 23.4 Å². The van der Waals surface area contributed by atoms with Gasteiger partial charge >= 0.3 is 6.09 Å². The Kier molecular flexibility index (Phi) is 5.45. The van der Waals surface area contributed by atoms with Gasteiger partial charge in [-0.05, 0) is 52.3 Å². The Morgan fingerprint density at radius 1 is 1.14 bits per heavy atom. The zero-order chi connectivity index (χ0) is 20.6. The molecule has 1 atom stereocenters. The molecule has 1 aromatic carbocycles. The first-order valence-corrected chi connectivity index (χ1v) is 9.65. The van der Waals surface area contributed by atoms with Gasteiger partial charge in [0.05, 0.1) is 29.7 Å². The lowest BCUT2D eigenvalue weighted by Gasteiger charge is -2.40. The highest BCUT2D eigenvalue weighted by Gasteiger charge is 2.34. The zero-order valence-electron chi connectivity index (χ0n) is 17.3. The van der Waals surface area contributed by atoms with E-state index in [9.17, 15) is 9.59 Å². The van der Waals surface area contributed by atoms with Crippen molar-refractivity contribution in [3.8, 4) is 11.1 Å². The molecule has 7 nitrogen and oxygen atoms in total. The van der Waals surface area contributed by atoms with Gasteiger partial charge in [-0.25, -0.2) is 4.79 Å². The van der Waals surface area contributed by atoms with Gasteiger partial charge in [0.1, 0.15) is 0 Å². The van der Waals surface area contributed by atoms with E-state index in [0.717, 1.165) is 11.1 Å². The molecule has 0 unspecified atom stereocenters. The van der Waals surface area contributed by atoms with E-state index in [0.29, 0.717) is 17.9 Å². The highest BCUT2D eigenvalue weighted by molar-refractivity contribution is 6.03. The predicted octanol–water partition coefficient (Wildman–Crippen LogP) is 4.24. The predicted molar refractivity (Wildman–Crippen MR) is 110 cm³/mol. The first kappa shape index (κ1) is 19.9. The quantitative estimate of drug-likeness (QED) is 0.794. The van der Waals surface area contributed by atoms with Crippen LogP contribution < -0.4 is 9.80 Å². The lowest BCUT2D eigenvalue weighted by Crippen LogP contribution is -2.51. The first-order chi connectivity index (χ1) is 13.2. The molecule has 0 saturated carbocycles. The number of hydrogen-bond donors (Lipinski definition) is 0. The molecule has 1 aromatic heterocycles. The Bertz CT molecular complexity index is 888. The molecule has 7 heteroatoms. The molecule has 2 heterocycles. The minimum atomic E-state index is -0.402. The molecule has 0 fully saturated rings. The maximum atomic E-state index is 12.7. The third-order valence-corrected chi connectivity index (χ3v) is 4.77. The van der Waals surface area contributed by atoms with Gasteiger partial charge in [-0.15, -0.1) is 0 Å². The molecule has 3 rings (SSSR count). The number of fused-ring (bicyclic) bond motifs is 1. The number of ether oxygens (including phenoxy) is 1. The topological polar surface area (TPSA) is 67.7 Å². The van der Waals surface area contributed by atoms with Gasteiger partial charge in [0.15, 0.2) is 0 Å². The molecule has 150 valence electrons. The Hall–Kier alpha value is -2.83. The van der Waals surface area contributed by atoms with Crippen LogP contribution >= 0.6 is 0 Å². The molecule has 0 spiro atoms. The highest BCUT2D eigenvalue weighted by atomic mass is 16.6. The summed E-state index contributed by atoms with van der Waals surface area (Å²) in [5.74, 6) is -0.0500. The number of carbonyl (C=O) groups is 2. The monoisotopic (exact) mass is 384 g/mol. The summed E-state index contributed by atoms with van der Waals surface area (Å²) in [6.45, 7) is 11.6. The van der Waals surface area contributed by atoms with Crippen LogP contribution in [0.25, 0.3) is 11.1 Å². The Balaban J connectivity index is 2.07. The van der Waals surface area contributed by atoms with Gasteiger partial charge < -0.3 is 9.64 Å². The van der Waals surface area contributed by atoms with Gasteiger partial charge in [0.25, 0.3) is 0 Å². The fraction of sp³-hybridized carbons (Fsp3) is 0.476. The van der Waals surface area contributed by atoms with Crippen molar-refractivity contribution in [1.29, 1.82) is 0 Å². The van der Waals surface area contributed by atoms with E-state index in [4.69, 9.17) is 4.74 Å². The summed E-state index contributed by atoms with van der Waals surface area (Å²) in [5.41, 5.74) is 3.29. The molecule has 0 aliphatic carbocycles. The van der Waals surface area contributed by atoms with E-state index in [1.165, 1.54) is 0 Å². The van der Waals surface area contributed by atoms with Crippen molar-refractivity contribution in [2.24, 2.45) is 0 Å². The summed E-state index contributed by atoms with van der Waals surface area (Å²) in [7, 11) is 0. The standard InChI is InChI=1S/C21H28N4O3/c1-13(2)24-12-18(10-22-24)17-7-8-19-20(9-17)23(21(27)28-14(3)4)11-15(5)25(19)16(6)26/h7-10,12-15H,11H2,1-6H3/t15-/m0/s1. The van der Waals surface area contributed by atoms with Crippen molar-refractivity contribution in [3.63, 3.8) is 0 Å². The molecule has 0 bridgehead atoms. The molecule has 1 aliphatic heterocycles. The van der Waals surface area contributed by atoms with E-state index in [1.54, 1.807) is 16.7 Å². The van der Waals surface area contributed by atoms with Crippen molar-refractivity contribution in [2.75, 3.05) is 16.3 Å². The number of nitrogens with zero attached hydrogens (tertiary/aromatic N) is 4. The minimum absolute atomic E-state index is 0.0500. The summed E-state index contributed by atoms with van der Waals surface area (Å²) in [6, 6.07) is 5.91. The summed E-state index contributed by atoms with van der Waals surface area (Å²) in [5, 5.41) is 4.40. The maximum absolute atomic E-state index is 12.7. The van der Waals surface area contributed by atoms with E-state index in [2.05, 4.69) is 18.9 Å². The van der Waals surface area contributed by atoms with Gasteiger partial charge in [-0.2, -0.15) is 5.10 Å². The van der Waals surface area contributed by atoms with Crippen LogP contribution in [0.1, 0.15) is 47.6 Å². The summed E-state index contributed by atoms with van der Waals surface area (Å²) in [6.07, 6.45) is 3.18. The second kappa shape index (κ2) is 7.66. The molecule has 0 saturated heterocycles. The molecule has 1 aliphatic rings. The van der Waals surface area contributed by atoms with Crippen molar-refractivity contribution in [1.82, 2.24) is 9.78 Å². The largest absolute Gasteiger partial charge is 0.446 e. The molecule has 0 radical (unpaired) electrons. The van der Waals surface area contributed by atoms with Crippen molar-refractivity contribution in [2.45, 2.75) is 59.7 Å². The highest BCUT2D eigenvalue weighted by Crippen LogP contribution is 2.39. The number of carbonyl (C=O) groups excluding carboxylic acids is 2. The Morgan fingerprint density at radius 3 is 2.43 bits per heavy atom. The van der Waals surface area contributed by atoms with E-state index < -0.39 is 6.09 Å². The summed E-state index contributed by atoms with van der Waals surface area (Å²) in [4.78, 5) is 28.3. The molecule has 0 N–H and O–H groups in total. The third kappa shape index (κ3) is 3.74. The van der Waals surface area contributed by atoms with Crippen LogP contribution in [-0.4, -0.2) is 40.5 Å². The van der Waals surface area contributed by atoms with Gasteiger partial charge in [0, 0.05) is 31.3 Å². The molecular formula is C21H28N4O3. The van der Waals surface area contributed by atoms with Crippen LogP contribution in [0.15, 0.2) is 30.6 Å². The van der Waals surface area contributed by atoms with E-state index in [1.807, 2.05) is 56.0 Å².